The molecule has 0 saturated heterocycles. The zero-order valence-corrected chi connectivity index (χ0v) is 8.99. The summed E-state index contributed by atoms with van der Waals surface area (Å²) in [6.45, 7) is 0. The van der Waals surface area contributed by atoms with Crippen molar-refractivity contribution in [1.82, 2.24) is 0 Å². The summed E-state index contributed by atoms with van der Waals surface area (Å²) >= 11 is 5.88. The summed E-state index contributed by atoms with van der Waals surface area (Å²) in [4.78, 5) is 10.6. The summed E-state index contributed by atoms with van der Waals surface area (Å²) < 4.78 is 5.08. The molecule has 0 saturated carbocycles. The predicted molar refractivity (Wildman–Crippen MR) is 57.3 cm³/mol. The Balaban J connectivity index is 2.94. The molecule has 0 heterocycles. The molecular weight excluding hydrogens is 218 g/mol. The van der Waals surface area contributed by atoms with Crippen molar-refractivity contribution >= 4 is 17.6 Å². The number of nitrogens with two attached hydrogens (primary N) is 1. The van der Waals surface area contributed by atoms with Gasteiger partial charge in [-0.25, -0.2) is 0 Å². The smallest absolute Gasteiger partial charge is 0.320 e. The van der Waals surface area contributed by atoms with Crippen molar-refractivity contribution in [2.45, 2.75) is 12.5 Å². The maximum absolute atomic E-state index is 10.6. The Morgan fingerprint density at radius 3 is 2.87 bits per heavy atom. The molecule has 0 spiro atoms. The first kappa shape index (κ1) is 11.8. The van der Waals surface area contributed by atoms with Gasteiger partial charge in [-0.15, -0.1) is 0 Å². The number of benzene rings is 1. The standard InChI is InChI=1S/C10H12ClNO3/c1-15-9-6(3-2-4-7(9)11)5-8(12)10(13)14/h2-4,8H,5,12H2,1H3,(H,13,14). The van der Waals surface area contributed by atoms with Gasteiger partial charge in [-0.3, -0.25) is 4.79 Å². The van der Waals surface area contributed by atoms with Crippen LogP contribution in [-0.4, -0.2) is 24.2 Å². The molecule has 0 aromatic heterocycles. The molecule has 1 aromatic carbocycles. The van der Waals surface area contributed by atoms with E-state index in [1.54, 1.807) is 18.2 Å². The molecule has 0 radical (unpaired) electrons. The second-order valence-electron chi connectivity index (χ2n) is 3.08. The molecule has 0 fully saturated rings. The second-order valence-corrected chi connectivity index (χ2v) is 3.49. The van der Waals surface area contributed by atoms with Gasteiger partial charge in [0.2, 0.25) is 0 Å². The van der Waals surface area contributed by atoms with Crippen LogP contribution in [0.3, 0.4) is 0 Å². The number of hydrogen-bond donors (Lipinski definition) is 2. The van der Waals surface area contributed by atoms with Crippen molar-refractivity contribution in [3.63, 3.8) is 0 Å². The summed E-state index contributed by atoms with van der Waals surface area (Å²) in [5.74, 6) is -0.562. The number of carboxylic acids is 1. The zero-order chi connectivity index (χ0) is 11.4. The topological polar surface area (TPSA) is 72.5 Å². The fourth-order valence-electron chi connectivity index (χ4n) is 1.27. The van der Waals surface area contributed by atoms with Crippen molar-refractivity contribution in [2.75, 3.05) is 7.11 Å². The lowest BCUT2D eigenvalue weighted by molar-refractivity contribution is -0.138. The van der Waals surface area contributed by atoms with Crippen LogP contribution in [-0.2, 0) is 11.2 Å². The zero-order valence-electron chi connectivity index (χ0n) is 8.24. The van der Waals surface area contributed by atoms with Crippen molar-refractivity contribution in [2.24, 2.45) is 5.73 Å². The van der Waals surface area contributed by atoms with Crippen LogP contribution < -0.4 is 10.5 Å². The Labute approximate surface area is 92.6 Å². The molecule has 0 bridgehead atoms. The average Bonchev–Trinajstić information content (AvgIpc) is 2.18. The lowest BCUT2D eigenvalue weighted by atomic mass is 10.1. The minimum atomic E-state index is -1.04. The monoisotopic (exact) mass is 229 g/mol. The molecule has 0 aliphatic carbocycles. The predicted octanol–water partition coefficient (Wildman–Crippen LogP) is 1.30. The number of halogens is 1. The van der Waals surface area contributed by atoms with E-state index in [1.807, 2.05) is 0 Å². The number of para-hydroxylation sites is 1. The van der Waals surface area contributed by atoms with Gasteiger partial charge in [0.05, 0.1) is 12.1 Å². The minimum absolute atomic E-state index is 0.194. The molecule has 1 unspecified atom stereocenters. The molecule has 0 amide bonds. The van der Waals surface area contributed by atoms with Gasteiger partial charge < -0.3 is 15.6 Å². The quantitative estimate of drug-likeness (QED) is 0.817. The Morgan fingerprint density at radius 1 is 1.67 bits per heavy atom. The largest absolute Gasteiger partial charge is 0.495 e. The highest BCUT2D eigenvalue weighted by Crippen LogP contribution is 2.28. The van der Waals surface area contributed by atoms with E-state index in [0.717, 1.165) is 0 Å². The number of carboxylic acid groups (broad SMARTS) is 1. The van der Waals surface area contributed by atoms with Crippen LogP contribution in [0.15, 0.2) is 18.2 Å². The molecule has 5 heteroatoms. The van der Waals surface area contributed by atoms with Gasteiger partial charge in [-0.1, -0.05) is 23.7 Å². The first-order chi connectivity index (χ1) is 7.06. The Morgan fingerprint density at radius 2 is 2.33 bits per heavy atom. The molecule has 3 N–H and O–H groups in total. The summed E-state index contributed by atoms with van der Waals surface area (Å²) in [5.41, 5.74) is 6.12. The lowest BCUT2D eigenvalue weighted by Crippen LogP contribution is -2.32. The molecule has 4 nitrogen and oxygen atoms in total. The molecule has 1 aromatic rings. The number of carbonyl (C=O) groups is 1. The van der Waals surface area contributed by atoms with Gasteiger partial charge in [0.1, 0.15) is 11.8 Å². The Bertz CT molecular complexity index is 368. The third kappa shape index (κ3) is 2.84. The first-order valence-electron chi connectivity index (χ1n) is 4.36. The normalized spacial score (nSPS) is 12.2. The summed E-state index contributed by atoms with van der Waals surface area (Å²) in [6.07, 6.45) is 0.194. The summed E-state index contributed by atoms with van der Waals surface area (Å²) in [5, 5.41) is 9.13. The van der Waals surface area contributed by atoms with Gasteiger partial charge in [-0.2, -0.15) is 0 Å². The van der Waals surface area contributed by atoms with Crippen LogP contribution in [0, 0.1) is 0 Å². The van der Waals surface area contributed by atoms with Gasteiger partial charge in [0.15, 0.2) is 0 Å². The Kier molecular flexibility index (Phi) is 3.94. The molecule has 1 atom stereocenters. The van der Waals surface area contributed by atoms with E-state index in [9.17, 15) is 4.79 Å². The molecule has 1 rings (SSSR count). The first-order valence-corrected chi connectivity index (χ1v) is 4.73. The highest BCUT2D eigenvalue weighted by Gasteiger charge is 2.16. The Hall–Kier alpha value is -1.26. The number of ether oxygens (including phenoxy) is 1. The number of rotatable bonds is 4. The number of hydrogen-bond acceptors (Lipinski definition) is 3. The number of methoxy groups -OCH3 is 1. The molecular formula is C10H12ClNO3. The van der Waals surface area contributed by atoms with Crippen molar-refractivity contribution in [3.8, 4) is 5.75 Å². The highest BCUT2D eigenvalue weighted by atomic mass is 35.5. The van der Waals surface area contributed by atoms with Gasteiger partial charge in [0, 0.05) is 6.42 Å². The third-order valence-electron chi connectivity index (χ3n) is 2.01. The van der Waals surface area contributed by atoms with Crippen molar-refractivity contribution in [3.05, 3.63) is 28.8 Å². The van der Waals surface area contributed by atoms with E-state index in [2.05, 4.69) is 0 Å². The SMILES string of the molecule is COc1c(Cl)cccc1CC(N)C(=O)O. The van der Waals surface area contributed by atoms with Crippen LogP contribution >= 0.6 is 11.6 Å². The van der Waals surface area contributed by atoms with Crippen molar-refractivity contribution < 1.29 is 14.6 Å². The van der Waals surface area contributed by atoms with Crippen molar-refractivity contribution in [1.29, 1.82) is 0 Å². The van der Waals surface area contributed by atoms with E-state index >= 15 is 0 Å². The van der Waals surface area contributed by atoms with E-state index < -0.39 is 12.0 Å². The van der Waals surface area contributed by atoms with Gasteiger partial charge in [0.25, 0.3) is 0 Å². The number of aliphatic carboxylic acids is 1. The summed E-state index contributed by atoms with van der Waals surface area (Å²) in [6, 6.07) is 4.20. The molecule has 0 aliphatic heterocycles. The van der Waals surface area contributed by atoms with Crippen LogP contribution in [0.1, 0.15) is 5.56 Å². The fraction of sp³-hybridized carbons (Fsp3) is 0.300. The summed E-state index contributed by atoms with van der Waals surface area (Å²) in [7, 11) is 1.48. The molecule has 0 aliphatic rings. The van der Waals surface area contributed by atoms with Crippen LogP contribution in [0.25, 0.3) is 0 Å². The maximum Gasteiger partial charge on any atom is 0.320 e. The average molecular weight is 230 g/mol. The highest BCUT2D eigenvalue weighted by molar-refractivity contribution is 6.32. The maximum atomic E-state index is 10.6. The second kappa shape index (κ2) is 5.00. The van der Waals surface area contributed by atoms with Gasteiger partial charge >= 0.3 is 5.97 Å². The lowest BCUT2D eigenvalue weighted by Gasteiger charge is -2.11. The van der Waals surface area contributed by atoms with E-state index in [4.69, 9.17) is 27.2 Å². The molecule has 15 heavy (non-hydrogen) atoms. The van der Waals surface area contributed by atoms with E-state index in [0.29, 0.717) is 16.3 Å². The van der Waals surface area contributed by atoms with Gasteiger partial charge in [-0.05, 0) is 11.6 Å². The molecule has 82 valence electrons. The van der Waals surface area contributed by atoms with Crippen LogP contribution in [0.4, 0.5) is 0 Å². The third-order valence-corrected chi connectivity index (χ3v) is 2.31. The van der Waals surface area contributed by atoms with Crippen LogP contribution in [0.2, 0.25) is 5.02 Å². The van der Waals surface area contributed by atoms with E-state index in [-0.39, 0.29) is 6.42 Å². The fourth-order valence-corrected chi connectivity index (χ4v) is 1.54. The van der Waals surface area contributed by atoms with E-state index in [1.165, 1.54) is 7.11 Å². The van der Waals surface area contributed by atoms with Crippen LogP contribution in [0.5, 0.6) is 5.75 Å². The minimum Gasteiger partial charge on any atom is -0.495 e.